The third-order valence-corrected chi connectivity index (χ3v) is 9.28. The molecule has 1 unspecified atom stereocenters. The maximum absolute atomic E-state index is 13.8. The highest BCUT2D eigenvalue weighted by Gasteiger charge is 2.46. The van der Waals surface area contributed by atoms with Crippen LogP contribution in [0.4, 0.5) is 5.13 Å². The normalized spacial score (nSPS) is 18.9. The molecule has 7 nitrogen and oxygen atoms in total. The van der Waals surface area contributed by atoms with E-state index in [4.69, 9.17) is 10.5 Å². The molecule has 0 saturated carbocycles. The summed E-state index contributed by atoms with van der Waals surface area (Å²) >= 11 is 6.53. The summed E-state index contributed by atoms with van der Waals surface area (Å²) in [6.45, 7) is 4.14. The molecule has 2 aromatic carbocycles. The number of anilines is 1. The van der Waals surface area contributed by atoms with Crippen LogP contribution >= 0.6 is 39.0 Å². The Morgan fingerprint density at radius 3 is 2.71 bits per heavy atom. The summed E-state index contributed by atoms with van der Waals surface area (Å²) in [5.41, 5.74) is 10.0. The minimum absolute atomic E-state index is 0.00304. The van der Waals surface area contributed by atoms with Crippen LogP contribution in [0.15, 0.2) is 80.0 Å². The maximum Gasteiger partial charge on any atom is 0.219 e. The van der Waals surface area contributed by atoms with Crippen LogP contribution in [0.25, 0.3) is 0 Å². The molecule has 2 heterocycles. The molecular weight excluding hydrogens is 582 g/mol. The van der Waals surface area contributed by atoms with Crippen LogP contribution in [0, 0.1) is 16.7 Å². The summed E-state index contributed by atoms with van der Waals surface area (Å²) in [6, 6.07) is 18.1. The van der Waals surface area contributed by atoms with Gasteiger partial charge in [-0.25, -0.2) is 0 Å². The number of nitrogens with two attached hydrogens (primary N) is 1. The maximum atomic E-state index is 13.8. The Kier molecular flexibility index (Phi) is 7.36. The van der Waals surface area contributed by atoms with Crippen molar-refractivity contribution in [2.45, 2.75) is 42.7 Å². The van der Waals surface area contributed by atoms with Crippen molar-refractivity contribution in [2.24, 2.45) is 11.1 Å². The molecule has 10 heteroatoms. The molecule has 1 atom stereocenters. The molecule has 1 aromatic heterocycles. The second-order valence-corrected chi connectivity index (χ2v) is 13.1. The summed E-state index contributed by atoms with van der Waals surface area (Å²) in [4.78, 5) is 15.6. The monoisotopic (exact) mass is 607 g/mol. The largest absolute Gasteiger partial charge is 0.496 e. The van der Waals surface area contributed by atoms with E-state index < -0.39 is 5.92 Å². The fourth-order valence-electron chi connectivity index (χ4n) is 5.04. The highest BCUT2D eigenvalue weighted by Crippen LogP contribution is 2.52. The number of hydrogen-bond acceptors (Lipinski definition) is 9. The van der Waals surface area contributed by atoms with Gasteiger partial charge >= 0.3 is 0 Å². The number of carbonyl (C=O) groups is 1. The van der Waals surface area contributed by atoms with Gasteiger partial charge in [-0.15, -0.1) is 10.2 Å². The summed E-state index contributed by atoms with van der Waals surface area (Å²) in [7, 11) is 1.58. The van der Waals surface area contributed by atoms with Gasteiger partial charge in [-0.05, 0) is 35.6 Å². The van der Waals surface area contributed by atoms with Gasteiger partial charge in [-0.3, -0.25) is 9.69 Å². The first kappa shape index (κ1) is 26.5. The van der Waals surface area contributed by atoms with E-state index in [1.807, 2.05) is 36.4 Å². The number of halogens is 1. The number of benzene rings is 2. The molecule has 0 amide bonds. The number of nitriles is 1. The number of nitrogens with zero attached hydrogens (tertiary/aromatic N) is 4. The predicted molar refractivity (Wildman–Crippen MR) is 154 cm³/mol. The van der Waals surface area contributed by atoms with Gasteiger partial charge in [0.05, 0.1) is 24.7 Å². The SMILES string of the molecule is COc1ccc(Br)cc1C1C(C#N)=C(N)N(c2nnc(SCc3ccccc3)s2)C2=C1C(=O)CC(C)(C)C2. The number of carbonyl (C=O) groups excluding carboxylic acids is 1. The molecule has 0 saturated heterocycles. The summed E-state index contributed by atoms with van der Waals surface area (Å²) in [6.07, 6.45) is 0.978. The van der Waals surface area contributed by atoms with Crippen LogP contribution in [0.2, 0.25) is 0 Å². The molecule has 1 aliphatic carbocycles. The Bertz CT molecular complexity index is 1510. The first-order valence-electron chi connectivity index (χ1n) is 12.0. The van der Waals surface area contributed by atoms with E-state index in [2.05, 4.69) is 58.2 Å². The van der Waals surface area contributed by atoms with E-state index >= 15 is 0 Å². The lowest BCUT2D eigenvalue weighted by Gasteiger charge is -2.42. The average Bonchev–Trinajstić information content (AvgIpc) is 3.35. The van der Waals surface area contributed by atoms with Gasteiger partial charge in [0.2, 0.25) is 5.13 Å². The van der Waals surface area contributed by atoms with Crippen molar-refractivity contribution >= 4 is 49.9 Å². The number of thioether (sulfide) groups is 1. The molecule has 0 spiro atoms. The molecule has 0 radical (unpaired) electrons. The highest BCUT2D eigenvalue weighted by atomic mass is 79.9. The Labute approximate surface area is 238 Å². The number of hydrogen-bond donors (Lipinski definition) is 1. The molecule has 38 heavy (non-hydrogen) atoms. The van der Waals surface area contributed by atoms with Crippen LogP contribution in [0.1, 0.15) is 43.7 Å². The number of aromatic nitrogens is 2. The molecule has 194 valence electrons. The molecule has 0 fully saturated rings. The van der Waals surface area contributed by atoms with Crippen LogP contribution in [-0.4, -0.2) is 23.1 Å². The molecular formula is C28H26BrN5O2S2. The van der Waals surface area contributed by atoms with Crippen LogP contribution in [0.3, 0.4) is 0 Å². The summed E-state index contributed by atoms with van der Waals surface area (Å²) in [5.74, 6) is 0.972. The number of rotatable bonds is 6. The van der Waals surface area contributed by atoms with E-state index in [-0.39, 0.29) is 17.0 Å². The Balaban J connectivity index is 1.62. The van der Waals surface area contributed by atoms with E-state index in [9.17, 15) is 10.1 Å². The fourth-order valence-corrected chi connectivity index (χ4v) is 7.25. The zero-order chi connectivity index (χ0) is 27.0. The van der Waals surface area contributed by atoms with Gasteiger partial charge in [0, 0.05) is 33.5 Å². The molecule has 3 aromatic rings. The third-order valence-electron chi connectivity index (χ3n) is 6.68. The van der Waals surface area contributed by atoms with Gasteiger partial charge < -0.3 is 10.5 Å². The van der Waals surface area contributed by atoms with Crippen LogP contribution in [-0.2, 0) is 10.5 Å². The lowest BCUT2D eigenvalue weighted by atomic mass is 9.68. The minimum atomic E-state index is -0.637. The van der Waals surface area contributed by atoms with Gasteiger partial charge in [-0.2, -0.15) is 5.26 Å². The van der Waals surface area contributed by atoms with Crippen molar-refractivity contribution < 1.29 is 9.53 Å². The van der Waals surface area contributed by atoms with Gasteiger partial charge in [0.15, 0.2) is 10.1 Å². The zero-order valence-electron chi connectivity index (χ0n) is 21.2. The number of allylic oxidation sites excluding steroid dienone is 3. The lowest BCUT2D eigenvalue weighted by molar-refractivity contribution is -0.118. The highest BCUT2D eigenvalue weighted by molar-refractivity contribution is 9.10. The van der Waals surface area contributed by atoms with E-state index in [1.165, 1.54) is 16.9 Å². The predicted octanol–water partition coefficient (Wildman–Crippen LogP) is 6.54. The van der Waals surface area contributed by atoms with Gasteiger partial charge in [0.25, 0.3) is 0 Å². The van der Waals surface area contributed by atoms with Crippen molar-refractivity contribution in [3.8, 4) is 11.8 Å². The standard InChI is InChI=1S/C28H26BrN5O2S2/c1-28(2)12-20-24(21(35)13-28)23(18-11-17(29)9-10-22(18)36-3)19(14-30)25(31)34(20)26-32-33-27(38-26)37-15-16-7-5-4-6-8-16/h4-11,23H,12-13,15,31H2,1-3H3. The van der Waals surface area contributed by atoms with Crippen molar-refractivity contribution in [1.29, 1.82) is 5.26 Å². The molecule has 2 N–H and O–H groups in total. The molecule has 1 aliphatic heterocycles. The first-order chi connectivity index (χ1) is 18.2. The van der Waals surface area contributed by atoms with Gasteiger partial charge in [0.1, 0.15) is 11.6 Å². The Morgan fingerprint density at radius 1 is 1.24 bits per heavy atom. The van der Waals surface area contributed by atoms with Crippen LogP contribution in [0.5, 0.6) is 5.75 Å². The quantitative estimate of drug-likeness (QED) is 0.315. The van der Waals surface area contributed by atoms with Crippen LogP contribution < -0.4 is 15.4 Å². The van der Waals surface area contributed by atoms with E-state index in [0.717, 1.165) is 25.8 Å². The van der Waals surface area contributed by atoms with E-state index in [1.54, 1.807) is 23.8 Å². The van der Waals surface area contributed by atoms with Crippen molar-refractivity contribution in [3.05, 3.63) is 86.8 Å². The number of ketones is 1. The van der Waals surface area contributed by atoms with Gasteiger partial charge in [-0.1, -0.05) is 83.2 Å². The second-order valence-electron chi connectivity index (χ2n) is 9.99. The number of Topliss-reactive ketones (excluding diaryl/α,β-unsaturated/α-hetero) is 1. The third kappa shape index (κ3) is 4.98. The van der Waals surface area contributed by atoms with E-state index in [0.29, 0.717) is 34.9 Å². The van der Waals surface area contributed by atoms with Crippen molar-refractivity contribution in [1.82, 2.24) is 10.2 Å². The van der Waals surface area contributed by atoms with Crippen molar-refractivity contribution in [2.75, 3.05) is 12.0 Å². The van der Waals surface area contributed by atoms with Crippen molar-refractivity contribution in [3.63, 3.8) is 0 Å². The molecule has 5 rings (SSSR count). The second kappa shape index (κ2) is 10.6. The first-order valence-corrected chi connectivity index (χ1v) is 14.6. The summed E-state index contributed by atoms with van der Waals surface area (Å²) < 4.78 is 7.26. The lowest BCUT2D eigenvalue weighted by Crippen LogP contribution is -2.42. The number of ether oxygens (including phenoxy) is 1. The topological polar surface area (TPSA) is 105 Å². The number of methoxy groups -OCH3 is 1. The smallest absolute Gasteiger partial charge is 0.219 e. The Hall–Kier alpha value is -3.13. The summed E-state index contributed by atoms with van der Waals surface area (Å²) in [5, 5.41) is 19.7. The molecule has 0 bridgehead atoms. The zero-order valence-corrected chi connectivity index (χ0v) is 24.4. The minimum Gasteiger partial charge on any atom is -0.496 e. The fraction of sp³-hybridized carbons (Fsp3) is 0.286. The average molecular weight is 609 g/mol. The molecule has 2 aliphatic rings. The Morgan fingerprint density at radius 2 is 2.00 bits per heavy atom.